The van der Waals surface area contributed by atoms with Crippen LogP contribution in [0.1, 0.15) is 10.4 Å². The van der Waals surface area contributed by atoms with Crippen LogP contribution in [0.25, 0.3) is 10.2 Å². The van der Waals surface area contributed by atoms with Crippen LogP contribution < -0.4 is 5.32 Å². The number of thiazole rings is 1. The van der Waals surface area contributed by atoms with Gasteiger partial charge in [0.2, 0.25) is 0 Å². The largest absolute Gasteiger partial charge is 0.298 e. The third-order valence-electron chi connectivity index (χ3n) is 2.83. The highest BCUT2D eigenvalue weighted by Gasteiger charge is 2.15. The molecular formula is C14H6Cl2F2N2OS. The third-order valence-corrected chi connectivity index (χ3v) is 4.48. The lowest BCUT2D eigenvalue weighted by Crippen LogP contribution is -2.13. The molecule has 1 aromatic heterocycles. The van der Waals surface area contributed by atoms with Crippen LogP contribution in [0.4, 0.5) is 13.9 Å². The highest BCUT2D eigenvalue weighted by Crippen LogP contribution is 2.33. The number of nitrogens with zero attached hydrogens (tertiary/aromatic N) is 1. The molecule has 0 saturated carbocycles. The molecule has 3 rings (SSSR count). The number of hydrogen-bond acceptors (Lipinski definition) is 3. The predicted octanol–water partition coefficient (Wildman–Crippen LogP) is 5.13. The fraction of sp³-hybridized carbons (Fsp3) is 0. The second kappa shape index (κ2) is 5.79. The van der Waals surface area contributed by atoms with Crippen LogP contribution in [0.15, 0.2) is 30.3 Å². The van der Waals surface area contributed by atoms with Crippen LogP contribution in [0.2, 0.25) is 10.0 Å². The average Bonchev–Trinajstić information content (AvgIpc) is 2.80. The smallest absolute Gasteiger partial charge is 0.260 e. The SMILES string of the molecule is O=C(Nc1nc2cc(Cl)c(Cl)cc2s1)c1ccc(F)cc1F. The minimum Gasteiger partial charge on any atom is -0.298 e. The van der Waals surface area contributed by atoms with Crippen molar-refractivity contribution in [1.29, 1.82) is 0 Å². The average molecular weight is 359 g/mol. The van der Waals surface area contributed by atoms with Crippen molar-refractivity contribution in [3.05, 3.63) is 57.6 Å². The fourth-order valence-corrected chi connectivity index (χ4v) is 3.08. The lowest BCUT2D eigenvalue weighted by Gasteiger charge is -2.02. The van der Waals surface area contributed by atoms with Crippen molar-refractivity contribution >= 4 is 55.8 Å². The summed E-state index contributed by atoms with van der Waals surface area (Å²) >= 11 is 13.0. The first-order chi connectivity index (χ1) is 10.4. The Hall–Kier alpha value is -1.76. The molecule has 8 heteroatoms. The van der Waals surface area contributed by atoms with Crippen molar-refractivity contribution in [2.24, 2.45) is 0 Å². The summed E-state index contributed by atoms with van der Waals surface area (Å²) in [6, 6.07) is 5.93. The van der Waals surface area contributed by atoms with Gasteiger partial charge in [0.05, 0.1) is 25.8 Å². The summed E-state index contributed by atoms with van der Waals surface area (Å²) in [4.78, 5) is 16.2. The van der Waals surface area contributed by atoms with E-state index in [0.29, 0.717) is 21.6 Å². The van der Waals surface area contributed by atoms with Gasteiger partial charge in [0.15, 0.2) is 5.13 Å². The summed E-state index contributed by atoms with van der Waals surface area (Å²) in [6.45, 7) is 0. The summed E-state index contributed by atoms with van der Waals surface area (Å²) < 4.78 is 27.1. The minimum atomic E-state index is -0.940. The molecule has 2 aromatic carbocycles. The Labute approximate surface area is 137 Å². The molecule has 0 aliphatic heterocycles. The van der Waals surface area contributed by atoms with Crippen molar-refractivity contribution in [2.75, 3.05) is 5.32 Å². The van der Waals surface area contributed by atoms with Gasteiger partial charge in [-0.3, -0.25) is 10.1 Å². The van der Waals surface area contributed by atoms with Crippen molar-refractivity contribution in [2.45, 2.75) is 0 Å². The Morgan fingerprint density at radius 3 is 2.59 bits per heavy atom. The zero-order valence-corrected chi connectivity index (χ0v) is 13.0. The normalized spacial score (nSPS) is 10.9. The molecular weight excluding hydrogens is 353 g/mol. The molecule has 1 heterocycles. The Morgan fingerprint density at radius 1 is 1.14 bits per heavy atom. The number of carbonyl (C=O) groups is 1. The Bertz CT molecular complexity index is 859. The molecule has 0 radical (unpaired) electrons. The Kier molecular flexibility index (Phi) is 3.99. The Balaban J connectivity index is 1.90. The molecule has 22 heavy (non-hydrogen) atoms. The second-order valence-electron chi connectivity index (χ2n) is 4.33. The highest BCUT2D eigenvalue weighted by atomic mass is 35.5. The lowest BCUT2D eigenvalue weighted by molar-refractivity contribution is 0.102. The maximum atomic E-state index is 13.6. The first-order valence-corrected chi connectivity index (χ1v) is 7.53. The number of carbonyl (C=O) groups excluding carboxylic acids is 1. The molecule has 0 atom stereocenters. The van der Waals surface area contributed by atoms with Gasteiger partial charge >= 0.3 is 0 Å². The van der Waals surface area contributed by atoms with E-state index in [0.717, 1.165) is 16.8 Å². The van der Waals surface area contributed by atoms with E-state index < -0.39 is 17.5 Å². The number of hydrogen-bond donors (Lipinski definition) is 1. The van der Waals surface area contributed by atoms with Gasteiger partial charge in [-0.25, -0.2) is 13.8 Å². The van der Waals surface area contributed by atoms with Gasteiger partial charge in [-0.05, 0) is 24.3 Å². The zero-order valence-electron chi connectivity index (χ0n) is 10.7. The second-order valence-corrected chi connectivity index (χ2v) is 6.18. The fourth-order valence-electron chi connectivity index (χ4n) is 1.82. The van der Waals surface area contributed by atoms with E-state index in [1.165, 1.54) is 11.3 Å². The van der Waals surface area contributed by atoms with E-state index in [2.05, 4.69) is 10.3 Å². The van der Waals surface area contributed by atoms with E-state index in [-0.39, 0.29) is 10.7 Å². The van der Waals surface area contributed by atoms with Crippen molar-refractivity contribution in [3.63, 3.8) is 0 Å². The van der Waals surface area contributed by atoms with E-state index >= 15 is 0 Å². The number of benzene rings is 2. The van der Waals surface area contributed by atoms with E-state index in [9.17, 15) is 13.6 Å². The number of aromatic nitrogens is 1. The molecule has 0 fully saturated rings. The zero-order chi connectivity index (χ0) is 15.9. The van der Waals surface area contributed by atoms with Gasteiger partial charge < -0.3 is 0 Å². The third kappa shape index (κ3) is 2.90. The molecule has 1 N–H and O–H groups in total. The van der Waals surface area contributed by atoms with Crippen molar-refractivity contribution in [1.82, 2.24) is 4.98 Å². The van der Waals surface area contributed by atoms with Gasteiger partial charge in [0.25, 0.3) is 5.91 Å². The van der Waals surface area contributed by atoms with Crippen molar-refractivity contribution < 1.29 is 13.6 Å². The monoisotopic (exact) mass is 358 g/mol. The van der Waals surface area contributed by atoms with E-state index in [4.69, 9.17) is 23.2 Å². The molecule has 112 valence electrons. The van der Waals surface area contributed by atoms with Gasteiger partial charge in [-0.2, -0.15) is 0 Å². The highest BCUT2D eigenvalue weighted by molar-refractivity contribution is 7.22. The van der Waals surface area contributed by atoms with Gasteiger partial charge in [-0.15, -0.1) is 0 Å². The van der Waals surface area contributed by atoms with E-state index in [1.807, 2.05) is 0 Å². The number of amides is 1. The molecule has 3 nitrogen and oxygen atoms in total. The maximum absolute atomic E-state index is 13.6. The van der Waals surface area contributed by atoms with Crippen LogP contribution in [0.3, 0.4) is 0 Å². The van der Waals surface area contributed by atoms with Gasteiger partial charge in [-0.1, -0.05) is 34.5 Å². The van der Waals surface area contributed by atoms with Crippen LogP contribution in [-0.2, 0) is 0 Å². The first-order valence-electron chi connectivity index (χ1n) is 5.96. The molecule has 0 spiro atoms. The Morgan fingerprint density at radius 2 is 1.86 bits per heavy atom. The van der Waals surface area contributed by atoms with Gasteiger partial charge in [0, 0.05) is 6.07 Å². The summed E-state index contributed by atoms with van der Waals surface area (Å²) in [5, 5.41) is 3.46. The standard InChI is InChI=1S/C14H6Cl2F2N2OS/c15-8-4-11-12(5-9(8)16)22-14(19-11)20-13(21)7-2-1-6(17)3-10(7)18/h1-5H,(H,19,20,21). The predicted molar refractivity (Wildman–Crippen MR) is 84.0 cm³/mol. The van der Waals surface area contributed by atoms with Crippen LogP contribution >= 0.6 is 34.5 Å². The van der Waals surface area contributed by atoms with Crippen LogP contribution in [0, 0.1) is 11.6 Å². The quantitative estimate of drug-likeness (QED) is 0.689. The topological polar surface area (TPSA) is 42.0 Å². The van der Waals surface area contributed by atoms with Crippen LogP contribution in [0.5, 0.6) is 0 Å². The number of fused-ring (bicyclic) bond motifs is 1. The summed E-state index contributed by atoms with van der Waals surface area (Å²) in [6.07, 6.45) is 0. The number of anilines is 1. The molecule has 0 bridgehead atoms. The molecule has 0 aliphatic rings. The van der Waals surface area contributed by atoms with E-state index in [1.54, 1.807) is 12.1 Å². The lowest BCUT2D eigenvalue weighted by atomic mass is 10.2. The number of halogens is 4. The molecule has 0 saturated heterocycles. The summed E-state index contributed by atoms with van der Waals surface area (Å²) in [7, 11) is 0. The van der Waals surface area contributed by atoms with Crippen LogP contribution in [-0.4, -0.2) is 10.9 Å². The number of nitrogens with one attached hydrogen (secondary N) is 1. The number of rotatable bonds is 2. The molecule has 0 unspecified atom stereocenters. The molecule has 0 aliphatic carbocycles. The molecule has 1 amide bonds. The maximum Gasteiger partial charge on any atom is 0.260 e. The summed E-state index contributed by atoms with van der Waals surface area (Å²) in [5.74, 6) is -2.41. The summed E-state index contributed by atoms with van der Waals surface area (Å²) in [5.41, 5.74) is 0.297. The van der Waals surface area contributed by atoms with Gasteiger partial charge in [0.1, 0.15) is 11.6 Å². The minimum absolute atomic E-state index is 0.266. The molecule has 3 aromatic rings. The first kappa shape index (κ1) is 15.1. The van der Waals surface area contributed by atoms with Crippen molar-refractivity contribution in [3.8, 4) is 0 Å².